The number of amides is 8. The molecule has 0 saturated carbocycles. The Hall–Kier alpha value is -2.20. The summed E-state index contributed by atoms with van der Waals surface area (Å²) < 4.78 is 0. The standard InChI is InChI=1S/C12H28ClN8O4P/c1-14-9(22)18-5-26(13,6-19-10(23)15-2,7-20-11(24)16-3)8-21-12(25)17-4/h5-8H2,1-4H3,(H2,14,18,22)(H2,15,19,23)(H2,16,20,24)(H2,17,21,25). The van der Waals surface area contributed by atoms with Crippen LogP contribution in [-0.4, -0.2) is 77.5 Å². The predicted octanol–water partition coefficient (Wildman–Crippen LogP) is -0.760. The third-order valence-corrected chi connectivity index (χ3v) is 8.68. The monoisotopic (exact) mass is 414 g/mol. The average Bonchev–Trinajstić information content (AvgIpc) is 2.67. The first kappa shape index (κ1) is 23.8. The van der Waals surface area contributed by atoms with Crippen molar-refractivity contribution in [1.82, 2.24) is 42.5 Å². The molecule has 26 heavy (non-hydrogen) atoms. The summed E-state index contributed by atoms with van der Waals surface area (Å²) in [5, 5.41) is 20.0. The Balaban J connectivity index is 5.59. The van der Waals surface area contributed by atoms with Gasteiger partial charge in [-0.05, 0) is 0 Å². The summed E-state index contributed by atoms with van der Waals surface area (Å²) in [5.74, 6) is -3.62. The van der Waals surface area contributed by atoms with Crippen molar-refractivity contribution in [3.05, 3.63) is 0 Å². The fourth-order valence-electron chi connectivity index (χ4n) is 1.77. The number of carbonyl (C=O) groups excluding carboxylic acids is 4. The molecule has 14 heteroatoms. The predicted molar refractivity (Wildman–Crippen MR) is 103 cm³/mol. The van der Waals surface area contributed by atoms with E-state index in [0.717, 1.165) is 0 Å². The van der Waals surface area contributed by atoms with Gasteiger partial charge >= 0.3 is 156 Å². The third-order valence-electron chi connectivity index (χ3n) is 3.45. The van der Waals surface area contributed by atoms with Gasteiger partial charge < -0.3 is 0 Å². The molecule has 0 unspecified atom stereocenters. The Labute approximate surface area is 157 Å². The molecule has 0 fully saturated rings. The van der Waals surface area contributed by atoms with Gasteiger partial charge in [-0.25, -0.2) is 0 Å². The molecular weight excluding hydrogens is 387 g/mol. The minimum atomic E-state index is -3.62. The Morgan fingerprint density at radius 3 is 0.923 bits per heavy atom. The van der Waals surface area contributed by atoms with E-state index in [1.54, 1.807) is 0 Å². The second-order valence-corrected chi connectivity index (χ2v) is 13.2. The fraction of sp³-hybridized carbons (Fsp3) is 0.667. The van der Waals surface area contributed by atoms with E-state index in [9.17, 15) is 19.2 Å². The van der Waals surface area contributed by atoms with Crippen molar-refractivity contribution >= 4 is 41.3 Å². The Bertz CT molecular complexity index is 444. The first-order valence-corrected chi connectivity index (χ1v) is 11.5. The van der Waals surface area contributed by atoms with Crippen molar-refractivity contribution in [2.24, 2.45) is 0 Å². The van der Waals surface area contributed by atoms with Gasteiger partial charge in [-0.3, -0.25) is 0 Å². The average molecular weight is 415 g/mol. The van der Waals surface area contributed by atoms with Crippen LogP contribution in [0.1, 0.15) is 0 Å². The van der Waals surface area contributed by atoms with Crippen LogP contribution in [0.2, 0.25) is 0 Å². The second kappa shape index (κ2) is 10.7. The molecule has 0 atom stereocenters. The molecule has 0 heterocycles. The van der Waals surface area contributed by atoms with Gasteiger partial charge in [0.25, 0.3) is 0 Å². The molecule has 0 aliphatic rings. The number of rotatable bonds is 8. The maximum absolute atomic E-state index is 11.6. The minimum absolute atomic E-state index is 0.0508. The zero-order chi connectivity index (χ0) is 20.2. The summed E-state index contributed by atoms with van der Waals surface area (Å²) in [7, 11) is 5.75. The SMILES string of the molecule is CNC(=O)NCP(Cl)(CNC(=O)NC)(CNC(=O)NC)CNC(=O)NC. The van der Waals surface area contributed by atoms with E-state index in [0.29, 0.717) is 0 Å². The molecular formula is C12H28ClN8O4P. The van der Waals surface area contributed by atoms with E-state index >= 15 is 0 Å². The van der Waals surface area contributed by atoms with Gasteiger partial charge in [-0.15, -0.1) is 0 Å². The number of hydrogen-bond acceptors (Lipinski definition) is 4. The molecule has 152 valence electrons. The van der Waals surface area contributed by atoms with Crippen LogP contribution in [0.3, 0.4) is 0 Å². The van der Waals surface area contributed by atoms with Crippen LogP contribution in [0.25, 0.3) is 0 Å². The zero-order valence-electron chi connectivity index (χ0n) is 15.3. The first-order chi connectivity index (χ1) is 12.1. The maximum atomic E-state index is 11.6. The van der Waals surface area contributed by atoms with Gasteiger partial charge in [0.1, 0.15) is 0 Å². The number of urea groups is 4. The number of halogens is 1. The van der Waals surface area contributed by atoms with Crippen LogP contribution in [-0.2, 0) is 0 Å². The quantitative estimate of drug-likeness (QED) is 0.245. The van der Waals surface area contributed by atoms with Crippen LogP contribution in [0.15, 0.2) is 0 Å². The first-order valence-electron chi connectivity index (χ1n) is 7.66. The summed E-state index contributed by atoms with van der Waals surface area (Å²) in [6, 6.07) is -1.95. The molecule has 0 spiro atoms. The molecule has 8 N–H and O–H groups in total. The van der Waals surface area contributed by atoms with Crippen LogP contribution in [0.5, 0.6) is 0 Å². The summed E-state index contributed by atoms with van der Waals surface area (Å²) in [4.78, 5) is 46.5. The third kappa shape index (κ3) is 8.26. The van der Waals surface area contributed by atoms with Crippen LogP contribution in [0, 0.1) is 0 Å². The summed E-state index contributed by atoms with van der Waals surface area (Å²) in [6.07, 6.45) is -0.203. The van der Waals surface area contributed by atoms with Crippen molar-refractivity contribution in [2.45, 2.75) is 0 Å². The molecule has 0 aromatic heterocycles. The van der Waals surface area contributed by atoms with Crippen molar-refractivity contribution in [3.63, 3.8) is 0 Å². The number of hydrogen-bond donors (Lipinski definition) is 8. The van der Waals surface area contributed by atoms with E-state index < -0.39 is 30.1 Å². The Morgan fingerprint density at radius 1 is 0.577 bits per heavy atom. The molecule has 0 aliphatic heterocycles. The molecule has 0 rings (SSSR count). The molecule has 0 aromatic rings. The van der Waals surface area contributed by atoms with Gasteiger partial charge in [0, 0.05) is 0 Å². The van der Waals surface area contributed by atoms with Crippen LogP contribution >= 0.6 is 17.2 Å². The summed E-state index contributed by atoms with van der Waals surface area (Å²) >= 11 is 6.96. The molecule has 0 aliphatic carbocycles. The van der Waals surface area contributed by atoms with Gasteiger partial charge in [0.15, 0.2) is 0 Å². The molecule has 0 aromatic carbocycles. The van der Waals surface area contributed by atoms with Crippen LogP contribution in [0.4, 0.5) is 19.2 Å². The van der Waals surface area contributed by atoms with Gasteiger partial charge in [0.05, 0.1) is 0 Å². The summed E-state index contributed by atoms with van der Waals surface area (Å²) in [6.45, 7) is 0. The molecule has 0 bridgehead atoms. The molecule has 8 amide bonds. The normalized spacial score (nSPS) is 11.8. The van der Waals surface area contributed by atoms with Crippen molar-refractivity contribution in [3.8, 4) is 0 Å². The van der Waals surface area contributed by atoms with Crippen molar-refractivity contribution < 1.29 is 19.2 Å². The van der Waals surface area contributed by atoms with Gasteiger partial charge in [-0.1, -0.05) is 0 Å². The topological polar surface area (TPSA) is 165 Å². The summed E-state index contributed by atoms with van der Waals surface area (Å²) in [5.41, 5.74) is 0. The van der Waals surface area contributed by atoms with E-state index in [4.69, 9.17) is 11.2 Å². The van der Waals surface area contributed by atoms with E-state index in [2.05, 4.69) is 42.5 Å². The van der Waals surface area contributed by atoms with E-state index in [1.165, 1.54) is 28.2 Å². The molecule has 12 nitrogen and oxygen atoms in total. The molecule has 0 saturated heterocycles. The van der Waals surface area contributed by atoms with Gasteiger partial charge in [-0.2, -0.15) is 0 Å². The second-order valence-electron chi connectivity index (χ2n) is 5.48. The molecule has 0 radical (unpaired) electrons. The number of nitrogens with one attached hydrogen (secondary N) is 8. The Kier molecular flexibility index (Phi) is 9.81. The van der Waals surface area contributed by atoms with Crippen molar-refractivity contribution in [2.75, 3.05) is 53.3 Å². The van der Waals surface area contributed by atoms with Crippen LogP contribution < -0.4 is 42.5 Å². The van der Waals surface area contributed by atoms with Crippen molar-refractivity contribution in [1.29, 1.82) is 0 Å². The fourth-order valence-corrected chi connectivity index (χ4v) is 5.31. The van der Waals surface area contributed by atoms with E-state index in [-0.39, 0.29) is 25.1 Å². The zero-order valence-corrected chi connectivity index (χ0v) is 16.9. The van der Waals surface area contributed by atoms with E-state index in [1.807, 2.05) is 0 Å². The van der Waals surface area contributed by atoms with Gasteiger partial charge in [0.2, 0.25) is 0 Å². The Morgan fingerprint density at radius 2 is 0.769 bits per heavy atom. The number of carbonyl (C=O) groups is 4.